The van der Waals surface area contributed by atoms with Crippen LogP contribution in [0.5, 0.6) is 0 Å². The Kier molecular flexibility index (Phi) is 5.11. The first kappa shape index (κ1) is 15.3. The molecule has 5 nitrogen and oxygen atoms in total. The third-order valence-electron chi connectivity index (χ3n) is 3.50. The first-order chi connectivity index (χ1) is 10.1. The molecule has 0 unspecified atom stereocenters. The van der Waals surface area contributed by atoms with E-state index in [1.807, 2.05) is 37.3 Å². The third kappa shape index (κ3) is 4.16. The van der Waals surface area contributed by atoms with Crippen LogP contribution in [0.3, 0.4) is 0 Å². The van der Waals surface area contributed by atoms with Crippen LogP contribution in [-0.4, -0.2) is 41.6 Å². The molecule has 1 N–H and O–H groups in total. The van der Waals surface area contributed by atoms with Crippen molar-refractivity contribution in [2.75, 3.05) is 19.6 Å². The highest BCUT2D eigenvalue weighted by Gasteiger charge is 2.26. The average Bonchev–Trinajstić information content (AvgIpc) is 2.89. The number of ether oxygens (including phenoxy) is 1. The summed E-state index contributed by atoms with van der Waals surface area (Å²) in [5.74, 6) is -1.23. The number of aliphatic carboxylic acids is 1. The van der Waals surface area contributed by atoms with Crippen molar-refractivity contribution in [2.45, 2.75) is 20.0 Å². The van der Waals surface area contributed by atoms with Gasteiger partial charge in [-0.3, -0.25) is 9.69 Å². The smallest absolute Gasteiger partial charge is 0.332 e. The minimum Gasteiger partial charge on any atom is -0.478 e. The van der Waals surface area contributed by atoms with Crippen LogP contribution in [0.15, 0.2) is 41.5 Å². The van der Waals surface area contributed by atoms with E-state index in [-0.39, 0.29) is 19.1 Å². The summed E-state index contributed by atoms with van der Waals surface area (Å²) in [6.45, 7) is 3.12. The summed E-state index contributed by atoms with van der Waals surface area (Å²) in [7, 11) is 0. The van der Waals surface area contributed by atoms with Crippen LogP contribution in [0.1, 0.15) is 18.9 Å². The minimum absolute atomic E-state index is 0.118. The van der Waals surface area contributed by atoms with Gasteiger partial charge in [0.05, 0.1) is 12.1 Å². The summed E-state index contributed by atoms with van der Waals surface area (Å²) >= 11 is 0. The summed E-state index contributed by atoms with van der Waals surface area (Å²) in [5.41, 5.74) is 2.23. The second kappa shape index (κ2) is 7.04. The summed E-state index contributed by atoms with van der Waals surface area (Å²) in [6, 6.07) is 9.46. The van der Waals surface area contributed by atoms with Crippen LogP contribution in [0, 0.1) is 0 Å². The average molecular weight is 289 g/mol. The van der Waals surface area contributed by atoms with Gasteiger partial charge in [0.25, 0.3) is 0 Å². The topological polar surface area (TPSA) is 66.8 Å². The maximum atomic E-state index is 11.8. The largest absolute Gasteiger partial charge is 0.478 e. The molecule has 0 atom stereocenters. The fraction of sp³-hybridized carbons (Fsp3) is 0.375. The van der Waals surface area contributed by atoms with E-state index in [4.69, 9.17) is 9.84 Å². The van der Waals surface area contributed by atoms with Crippen molar-refractivity contribution in [3.8, 4) is 0 Å². The normalized spacial score (nSPS) is 15.3. The SMILES string of the molecule is CCC1=C(C(=O)O)CN(CC(=O)OCc2ccccc2)C1. The molecule has 0 fully saturated rings. The maximum absolute atomic E-state index is 11.8. The number of carboxylic acid groups (broad SMARTS) is 1. The van der Waals surface area contributed by atoms with E-state index < -0.39 is 5.97 Å². The van der Waals surface area contributed by atoms with Gasteiger partial charge in [0.2, 0.25) is 0 Å². The van der Waals surface area contributed by atoms with E-state index in [9.17, 15) is 9.59 Å². The van der Waals surface area contributed by atoms with Crippen molar-refractivity contribution in [3.05, 3.63) is 47.0 Å². The molecular formula is C16H19NO4. The molecule has 0 radical (unpaired) electrons. The maximum Gasteiger partial charge on any atom is 0.332 e. The van der Waals surface area contributed by atoms with E-state index in [0.29, 0.717) is 25.1 Å². The van der Waals surface area contributed by atoms with E-state index >= 15 is 0 Å². The molecule has 0 aromatic heterocycles. The molecule has 21 heavy (non-hydrogen) atoms. The highest BCUT2D eigenvalue weighted by atomic mass is 16.5. The van der Waals surface area contributed by atoms with Crippen LogP contribution in [-0.2, 0) is 20.9 Å². The molecule has 0 aliphatic carbocycles. The number of hydrogen-bond acceptors (Lipinski definition) is 4. The number of carboxylic acids is 1. The first-order valence-electron chi connectivity index (χ1n) is 6.96. The standard InChI is InChI=1S/C16H19NO4/c1-2-13-8-17(9-14(13)16(19)20)10-15(18)21-11-12-6-4-3-5-7-12/h3-7H,2,8-11H2,1H3,(H,19,20). The highest BCUT2D eigenvalue weighted by molar-refractivity contribution is 5.89. The second-order valence-electron chi connectivity index (χ2n) is 5.03. The van der Waals surface area contributed by atoms with E-state index in [1.54, 1.807) is 4.90 Å². The van der Waals surface area contributed by atoms with Crippen LogP contribution < -0.4 is 0 Å². The third-order valence-corrected chi connectivity index (χ3v) is 3.50. The lowest BCUT2D eigenvalue weighted by molar-refractivity contribution is -0.146. The number of nitrogens with zero attached hydrogens (tertiary/aromatic N) is 1. The number of carbonyl (C=O) groups excluding carboxylic acids is 1. The number of esters is 1. The molecule has 5 heteroatoms. The summed E-state index contributed by atoms with van der Waals surface area (Å²) < 4.78 is 5.21. The Morgan fingerprint density at radius 1 is 1.24 bits per heavy atom. The van der Waals surface area contributed by atoms with Crippen molar-refractivity contribution in [1.29, 1.82) is 0 Å². The second-order valence-corrected chi connectivity index (χ2v) is 5.03. The van der Waals surface area contributed by atoms with Gasteiger partial charge in [-0.1, -0.05) is 37.3 Å². The minimum atomic E-state index is -0.896. The molecule has 1 aliphatic heterocycles. The van der Waals surface area contributed by atoms with Crippen LogP contribution in [0.25, 0.3) is 0 Å². The Labute approximate surface area is 123 Å². The monoisotopic (exact) mass is 289 g/mol. The quantitative estimate of drug-likeness (QED) is 0.809. The molecule has 1 aliphatic rings. The van der Waals surface area contributed by atoms with Gasteiger partial charge in [-0.25, -0.2) is 4.79 Å². The van der Waals surface area contributed by atoms with Crippen molar-refractivity contribution in [1.82, 2.24) is 4.90 Å². The van der Waals surface area contributed by atoms with Gasteiger partial charge >= 0.3 is 11.9 Å². The molecule has 1 aromatic rings. The molecular weight excluding hydrogens is 270 g/mol. The number of benzene rings is 1. The highest BCUT2D eigenvalue weighted by Crippen LogP contribution is 2.20. The molecule has 0 spiro atoms. The Hall–Kier alpha value is -2.14. The lowest BCUT2D eigenvalue weighted by atomic mass is 10.1. The number of hydrogen-bond donors (Lipinski definition) is 1. The first-order valence-corrected chi connectivity index (χ1v) is 6.96. The van der Waals surface area contributed by atoms with Crippen molar-refractivity contribution in [2.24, 2.45) is 0 Å². The molecule has 1 aromatic carbocycles. The lowest BCUT2D eigenvalue weighted by Crippen LogP contribution is -2.30. The van der Waals surface area contributed by atoms with Crippen LogP contribution >= 0.6 is 0 Å². The van der Waals surface area contributed by atoms with E-state index in [2.05, 4.69) is 0 Å². The summed E-state index contributed by atoms with van der Waals surface area (Å²) in [5, 5.41) is 9.12. The molecule has 0 saturated carbocycles. The van der Waals surface area contributed by atoms with Crippen LogP contribution in [0.4, 0.5) is 0 Å². The van der Waals surface area contributed by atoms with Gasteiger partial charge in [0.15, 0.2) is 0 Å². The molecule has 0 bridgehead atoms. The van der Waals surface area contributed by atoms with Gasteiger partial charge in [-0.05, 0) is 17.6 Å². The number of carbonyl (C=O) groups is 2. The zero-order valence-corrected chi connectivity index (χ0v) is 12.0. The summed E-state index contributed by atoms with van der Waals surface area (Å²) in [4.78, 5) is 24.7. The van der Waals surface area contributed by atoms with Crippen molar-refractivity contribution in [3.63, 3.8) is 0 Å². The molecule has 112 valence electrons. The summed E-state index contributed by atoms with van der Waals surface area (Å²) in [6.07, 6.45) is 0.692. The van der Waals surface area contributed by atoms with Gasteiger partial charge < -0.3 is 9.84 Å². The van der Waals surface area contributed by atoms with Crippen molar-refractivity contribution < 1.29 is 19.4 Å². The Morgan fingerprint density at radius 2 is 1.95 bits per heavy atom. The van der Waals surface area contributed by atoms with Gasteiger partial charge in [0, 0.05) is 13.1 Å². The predicted molar refractivity (Wildman–Crippen MR) is 77.6 cm³/mol. The molecule has 0 amide bonds. The fourth-order valence-electron chi connectivity index (χ4n) is 2.38. The van der Waals surface area contributed by atoms with Gasteiger partial charge in [-0.2, -0.15) is 0 Å². The molecule has 0 saturated heterocycles. The van der Waals surface area contributed by atoms with E-state index in [1.165, 1.54) is 0 Å². The Bertz CT molecular complexity index is 551. The Morgan fingerprint density at radius 3 is 2.52 bits per heavy atom. The van der Waals surface area contributed by atoms with Gasteiger partial charge in [0.1, 0.15) is 6.61 Å². The number of rotatable bonds is 6. The Balaban J connectivity index is 1.81. The zero-order valence-electron chi connectivity index (χ0n) is 12.0. The molecule has 2 rings (SSSR count). The molecule has 1 heterocycles. The van der Waals surface area contributed by atoms with Gasteiger partial charge in [-0.15, -0.1) is 0 Å². The van der Waals surface area contributed by atoms with Crippen LogP contribution in [0.2, 0.25) is 0 Å². The van der Waals surface area contributed by atoms with Crippen molar-refractivity contribution >= 4 is 11.9 Å². The zero-order chi connectivity index (χ0) is 15.2. The van der Waals surface area contributed by atoms with E-state index in [0.717, 1.165) is 11.1 Å². The lowest BCUT2D eigenvalue weighted by Gasteiger charge is -2.14. The predicted octanol–water partition coefficient (Wildman–Crippen LogP) is 1.84. The fourth-order valence-corrected chi connectivity index (χ4v) is 2.38.